The van der Waals surface area contributed by atoms with Gasteiger partial charge in [-0.25, -0.2) is 4.79 Å². The summed E-state index contributed by atoms with van der Waals surface area (Å²) in [6, 6.07) is 18.8. The molecular weight excluding hydrogens is 324 g/mol. The Bertz CT molecular complexity index is 823. The molecule has 2 aliphatic rings. The SMILES string of the molecule is CN1CCC(N2C=C(C(=O)O)c3ccccc3C2c2ccccc2)CC1. The first-order valence-electron chi connectivity index (χ1n) is 9.20. The maximum Gasteiger partial charge on any atom is 0.337 e. The lowest BCUT2D eigenvalue weighted by atomic mass is 9.85. The quantitative estimate of drug-likeness (QED) is 0.920. The second kappa shape index (κ2) is 6.96. The molecule has 2 heterocycles. The molecule has 1 unspecified atom stereocenters. The van der Waals surface area contributed by atoms with Crippen molar-refractivity contribution in [1.82, 2.24) is 9.80 Å². The van der Waals surface area contributed by atoms with Crippen LogP contribution in [-0.4, -0.2) is 47.1 Å². The molecule has 1 N–H and O–H groups in total. The third kappa shape index (κ3) is 3.01. The van der Waals surface area contributed by atoms with E-state index in [0.29, 0.717) is 11.6 Å². The zero-order chi connectivity index (χ0) is 18.1. The second-order valence-corrected chi connectivity index (χ2v) is 7.23. The Hall–Kier alpha value is -2.59. The molecule has 2 aromatic carbocycles. The molecule has 1 saturated heterocycles. The number of carboxylic acid groups (broad SMARTS) is 1. The van der Waals surface area contributed by atoms with Gasteiger partial charge in [0, 0.05) is 12.2 Å². The molecule has 4 heteroatoms. The molecule has 2 aliphatic heterocycles. The van der Waals surface area contributed by atoms with E-state index in [1.807, 2.05) is 30.5 Å². The van der Waals surface area contributed by atoms with Gasteiger partial charge in [-0.3, -0.25) is 0 Å². The van der Waals surface area contributed by atoms with Gasteiger partial charge < -0.3 is 14.9 Å². The monoisotopic (exact) mass is 348 g/mol. The standard InChI is InChI=1S/C22H24N2O2/c1-23-13-11-17(12-14-23)24-15-20(22(25)26)18-9-5-6-10-19(18)21(24)16-7-3-2-4-8-16/h2-10,15,17,21H,11-14H2,1H3,(H,25,26). The summed E-state index contributed by atoms with van der Waals surface area (Å²) in [6.07, 6.45) is 3.98. The van der Waals surface area contributed by atoms with E-state index in [0.717, 1.165) is 37.1 Å². The van der Waals surface area contributed by atoms with Crippen molar-refractivity contribution in [2.24, 2.45) is 0 Å². The summed E-state index contributed by atoms with van der Waals surface area (Å²) in [4.78, 5) is 16.6. The van der Waals surface area contributed by atoms with Crippen LogP contribution < -0.4 is 0 Å². The first-order valence-corrected chi connectivity index (χ1v) is 9.20. The van der Waals surface area contributed by atoms with Gasteiger partial charge in [-0.1, -0.05) is 54.6 Å². The largest absolute Gasteiger partial charge is 0.478 e. The van der Waals surface area contributed by atoms with Gasteiger partial charge in [0.15, 0.2) is 0 Å². The highest BCUT2D eigenvalue weighted by Gasteiger charge is 2.35. The second-order valence-electron chi connectivity index (χ2n) is 7.23. The van der Waals surface area contributed by atoms with E-state index < -0.39 is 5.97 Å². The van der Waals surface area contributed by atoms with Gasteiger partial charge in [-0.05, 0) is 49.7 Å². The van der Waals surface area contributed by atoms with Crippen molar-refractivity contribution < 1.29 is 9.90 Å². The van der Waals surface area contributed by atoms with Crippen molar-refractivity contribution in [3.63, 3.8) is 0 Å². The molecule has 0 amide bonds. The van der Waals surface area contributed by atoms with E-state index in [9.17, 15) is 9.90 Å². The van der Waals surface area contributed by atoms with Crippen LogP contribution >= 0.6 is 0 Å². The zero-order valence-corrected chi connectivity index (χ0v) is 15.0. The Morgan fingerprint density at radius 1 is 1.00 bits per heavy atom. The highest BCUT2D eigenvalue weighted by Crippen LogP contribution is 2.41. The molecule has 0 aromatic heterocycles. The lowest BCUT2D eigenvalue weighted by molar-refractivity contribution is -0.130. The van der Waals surface area contributed by atoms with Gasteiger partial charge in [0.2, 0.25) is 0 Å². The average molecular weight is 348 g/mol. The lowest BCUT2D eigenvalue weighted by Gasteiger charge is -2.44. The summed E-state index contributed by atoms with van der Waals surface area (Å²) < 4.78 is 0. The Morgan fingerprint density at radius 3 is 2.35 bits per heavy atom. The number of aliphatic carboxylic acids is 1. The number of rotatable bonds is 3. The molecule has 0 aliphatic carbocycles. The minimum atomic E-state index is -0.859. The number of nitrogens with zero attached hydrogens (tertiary/aromatic N) is 2. The average Bonchev–Trinajstić information content (AvgIpc) is 2.68. The smallest absolute Gasteiger partial charge is 0.337 e. The van der Waals surface area contributed by atoms with Gasteiger partial charge in [-0.15, -0.1) is 0 Å². The van der Waals surface area contributed by atoms with Crippen LogP contribution in [-0.2, 0) is 4.79 Å². The van der Waals surface area contributed by atoms with Crippen LogP contribution in [0.15, 0.2) is 60.8 Å². The molecule has 0 spiro atoms. The first kappa shape index (κ1) is 16.9. The van der Waals surface area contributed by atoms with Gasteiger partial charge in [0.25, 0.3) is 0 Å². The predicted molar refractivity (Wildman–Crippen MR) is 103 cm³/mol. The topological polar surface area (TPSA) is 43.8 Å². The summed E-state index contributed by atoms with van der Waals surface area (Å²) in [6.45, 7) is 2.08. The Labute approximate surface area is 154 Å². The fraction of sp³-hybridized carbons (Fsp3) is 0.318. The fourth-order valence-electron chi connectivity index (χ4n) is 4.20. The van der Waals surface area contributed by atoms with E-state index in [2.05, 4.69) is 47.2 Å². The summed E-state index contributed by atoms with van der Waals surface area (Å²) in [7, 11) is 2.15. The number of carboxylic acids is 1. The van der Waals surface area contributed by atoms with Crippen molar-refractivity contribution in [1.29, 1.82) is 0 Å². The van der Waals surface area contributed by atoms with Crippen LogP contribution in [0.3, 0.4) is 0 Å². The summed E-state index contributed by atoms with van der Waals surface area (Å²) in [5.41, 5.74) is 3.52. The minimum absolute atomic E-state index is 0.0592. The van der Waals surface area contributed by atoms with Crippen molar-refractivity contribution in [2.75, 3.05) is 20.1 Å². The summed E-state index contributed by atoms with van der Waals surface area (Å²) in [5.74, 6) is -0.859. The van der Waals surface area contributed by atoms with Crippen LogP contribution in [0.2, 0.25) is 0 Å². The number of carbonyl (C=O) groups is 1. The minimum Gasteiger partial charge on any atom is -0.478 e. The number of likely N-dealkylation sites (tertiary alicyclic amines) is 1. The van der Waals surface area contributed by atoms with Gasteiger partial charge in [0.1, 0.15) is 0 Å². The van der Waals surface area contributed by atoms with Crippen LogP contribution in [0.4, 0.5) is 0 Å². The van der Waals surface area contributed by atoms with Gasteiger partial charge >= 0.3 is 5.97 Å². The fourth-order valence-corrected chi connectivity index (χ4v) is 4.20. The number of fused-ring (bicyclic) bond motifs is 1. The van der Waals surface area contributed by atoms with Crippen LogP contribution in [0.25, 0.3) is 5.57 Å². The number of hydrogen-bond acceptors (Lipinski definition) is 3. The Morgan fingerprint density at radius 2 is 1.65 bits per heavy atom. The molecule has 26 heavy (non-hydrogen) atoms. The maximum absolute atomic E-state index is 11.9. The van der Waals surface area contributed by atoms with Gasteiger partial charge in [-0.2, -0.15) is 0 Å². The summed E-state index contributed by atoms with van der Waals surface area (Å²) in [5, 5.41) is 9.80. The lowest BCUT2D eigenvalue weighted by Crippen LogP contribution is -2.44. The number of hydrogen-bond donors (Lipinski definition) is 1. The highest BCUT2D eigenvalue weighted by molar-refractivity contribution is 6.16. The molecule has 4 rings (SSSR count). The van der Waals surface area contributed by atoms with Gasteiger partial charge in [0.05, 0.1) is 11.6 Å². The third-order valence-corrected chi connectivity index (χ3v) is 5.58. The predicted octanol–water partition coefficient (Wildman–Crippen LogP) is 3.61. The van der Waals surface area contributed by atoms with Crippen molar-refractivity contribution >= 4 is 11.5 Å². The molecule has 0 saturated carbocycles. The molecule has 1 atom stereocenters. The highest BCUT2D eigenvalue weighted by atomic mass is 16.4. The maximum atomic E-state index is 11.9. The van der Waals surface area contributed by atoms with E-state index in [4.69, 9.17) is 0 Å². The molecular formula is C22H24N2O2. The molecule has 2 aromatic rings. The van der Waals surface area contributed by atoms with Crippen LogP contribution in [0.5, 0.6) is 0 Å². The number of benzene rings is 2. The zero-order valence-electron chi connectivity index (χ0n) is 15.0. The van der Waals surface area contributed by atoms with E-state index in [1.54, 1.807) is 0 Å². The van der Waals surface area contributed by atoms with Crippen molar-refractivity contribution in [2.45, 2.75) is 24.9 Å². The molecule has 4 nitrogen and oxygen atoms in total. The van der Waals surface area contributed by atoms with E-state index in [-0.39, 0.29) is 6.04 Å². The third-order valence-electron chi connectivity index (χ3n) is 5.58. The Balaban J connectivity index is 1.83. The van der Waals surface area contributed by atoms with Crippen molar-refractivity contribution in [3.05, 3.63) is 77.5 Å². The molecule has 1 fully saturated rings. The van der Waals surface area contributed by atoms with E-state index in [1.165, 1.54) is 5.56 Å². The summed E-state index contributed by atoms with van der Waals surface area (Å²) >= 11 is 0. The van der Waals surface area contributed by atoms with E-state index >= 15 is 0 Å². The van der Waals surface area contributed by atoms with Crippen LogP contribution in [0.1, 0.15) is 35.6 Å². The first-order chi connectivity index (χ1) is 12.6. The Kier molecular flexibility index (Phi) is 4.51. The molecule has 0 bridgehead atoms. The van der Waals surface area contributed by atoms with Crippen molar-refractivity contribution in [3.8, 4) is 0 Å². The molecule has 134 valence electrons. The normalized spacial score (nSPS) is 21.2. The molecule has 0 radical (unpaired) electrons. The number of piperidine rings is 1. The van der Waals surface area contributed by atoms with Crippen LogP contribution in [0, 0.1) is 0 Å².